The van der Waals surface area contributed by atoms with Crippen LogP contribution in [-0.4, -0.2) is 44.0 Å². The molecule has 24 heavy (non-hydrogen) atoms. The highest BCUT2D eigenvalue weighted by Gasteiger charge is 2.13. The molecule has 0 atom stereocenters. The van der Waals surface area contributed by atoms with E-state index in [1.807, 2.05) is 18.2 Å². The predicted molar refractivity (Wildman–Crippen MR) is 95.4 cm³/mol. The van der Waals surface area contributed by atoms with Crippen LogP contribution in [0.4, 0.5) is 0 Å². The number of thiophene rings is 1. The van der Waals surface area contributed by atoms with Gasteiger partial charge in [-0.25, -0.2) is 4.79 Å². The second kappa shape index (κ2) is 9.20. The minimum absolute atomic E-state index is 0.152. The number of esters is 1. The molecule has 0 radical (unpaired) electrons. The summed E-state index contributed by atoms with van der Waals surface area (Å²) in [6.07, 6.45) is 0.865. The van der Waals surface area contributed by atoms with E-state index in [0.717, 1.165) is 30.8 Å². The number of nitrogens with one attached hydrogen (secondary N) is 1. The van der Waals surface area contributed by atoms with Crippen LogP contribution in [0.3, 0.4) is 0 Å². The Morgan fingerprint density at radius 2 is 1.83 bits per heavy atom. The van der Waals surface area contributed by atoms with Crippen molar-refractivity contribution >= 4 is 23.2 Å². The molecular weight excluding hydrogens is 324 g/mol. The minimum Gasteiger partial charge on any atom is -0.465 e. The number of amides is 1. The molecule has 2 rings (SSSR count). The second-order valence-corrected chi connectivity index (χ2v) is 6.57. The summed E-state index contributed by atoms with van der Waals surface area (Å²) in [6, 6.07) is 13.5. The van der Waals surface area contributed by atoms with Gasteiger partial charge >= 0.3 is 5.97 Å². The Balaban J connectivity index is 1.69. The molecule has 1 heterocycles. The number of carbonyl (C=O) groups is 2. The van der Waals surface area contributed by atoms with Gasteiger partial charge in [-0.1, -0.05) is 30.3 Å². The Bertz CT molecular complexity index is 670. The smallest absolute Gasteiger partial charge is 0.348 e. The van der Waals surface area contributed by atoms with Crippen molar-refractivity contribution in [1.82, 2.24) is 10.2 Å². The maximum atomic E-state index is 12.0. The number of benzene rings is 1. The van der Waals surface area contributed by atoms with Crippen molar-refractivity contribution < 1.29 is 14.3 Å². The molecule has 0 saturated heterocycles. The third kappa shape index (κ3) is 5.47. The molecule has 0 unspecified atom stereocenters. The zero-order chi connectivity index (χ0) is 17.4. The lowest BCUT2D eigenvalue weighted by molar-refractivity contribution is 0.0606. The van der Waals surface area contributed by atoms with E-state index in [1.165, 1.54) is 12.7 Å². The van der Waals surface area contributed by atoms with Crippen LogP contribution in [0.25, 0.3) is 0 Å². The molecule has 0 fully saturated rings. The summed E-state index contributed by atoms with van der Waals surface area (Å²) in [4.78, 5) is 26.6. The molecule has 0 aliphatic heterocycles. The second-order valence-electron chi connectivity index (χ2n) is 5.49. The first-order valence-corrected chi connectivity index (χ1v) is 8.60. The third-order valence-corrected chi connectivity index (χ3v) is 4.58. The molecule has 128 valence electrons. The molecule has 2 aromatic rings. The Labute approximate surface area is 146 Å². The van der Waals surface area contributed by atoms with Gasteiger partial charge in [-0.15, -0.1) is 11.3 Å². The normalized spacial score (nSPS) is 10.6. The Morgan fingerprint density at radius 1 is 1.12 bits per heavy atom. The standard InChI is InChI=1S/C18H22N2O3S/c1-20(13-14-7-4-3-5-8-14)12-6-11-19-17(21)15-9-10-16(24-15)18(22)23-2/h3-5,7-10H,6,11-13H2,1-2H3,(H,19,21). The Kier molecular flexibility index (Phi) is 6.96. The van der Waals surface area contributed by atoms with Gasteiger partial charge in [0.05, 0.1) is 12.0 Å². The number of rotatable bonds is 8. The first kappa shape index (κ1) is 18.2. The van der Waals surface area contributed by atoms with Gasteiger partial charge in [-0.05, 0) is 37.7 Å². The van der Waals surface area contributed by atoms with Gasteiger partial charge in [0.1, 0.15) is 4.88 Å². The summed E-state index contributed by atoms with van der Waals surface area (Å²) < 4.78 is 4.64. The van der Waals surface area contributed by atoms with E-state index in [4.69, 9.17) is 0 Å². The number of hydrogen-bond acceptors (Lipinski definition) is 5. The molecule has 0 bridgehead atoms. The maximum Gasteiger partial charge on any atom is 0.348 e. The van der Waals surface area contributed by atoms with Crippen LogP contribution in [0.1, 0.15) is 31.3 Å². The molecule has 1 amide bonds. The number of ether oxygens (including phenoxy) is 1. The molecule has 0 saturated carbocycles. The highest BCUT2D eigenvalue weighted by atomic mass is 32.1. The monoisotopic (exact) mass is 346 g/mol. The van der Waals surface area contributed by atoms with Crippen LogP contribution < -0.4 is 5.32 Å². The Morgan fingerprint density at radius 3 is 2.54 bits per heavy atom. The summed E-state index contributed by atoms with van der Waals surface area (Å²) in [5, 5.41) is 2.88. The predicted octanol–water partition coefficient (Wildman–Crippen LogP) is 2.79. The molecular formula is C18H22N2O3S. The number of hydrogen-bond donors (Lipinski definition) is 1. The Hall–Kier alpha value is -2.18. The van der Waals surface area contributed by atoms with E-state index in [1.54, 1.807) is 12.1 Å². The van der Waals surface area contributed by atoms with Crippen LogP contribution in [0.15, 0.2) is 42.5 Å². The number of carbonyl (C=O) groups excluding carboxylic acids is 2. The maximum absolute atomic E-state index is 12.0. The molecule has 6 heteroatoms. The molecule has 0 spiro atoms. The lowest BCUT2D eigenvalue weighted by atomic mass is 10.2. The van der Waals surface area contributed by atoms with Gasteiger partial charge in [0.15, 0.2) is 0 Å². The van der Waals surface area contributed by atoms with E-state index in [0.29, 0.717) is 16.3 Å². The summed E-state index contributed by atoms with van der Waals surface area (Å²) in [6.45, 7) is 2.39. The van der Waals surface area contributed by atoms with Gasteiger partial charge in [0.2, 0.25) is 0 Å². The van der Waals surface area contributed by atoms with E-state index in [-0.39, 0.29) is 5.91 Å². The summed E-state index contributed by atoms with van der Waals surface area (Å²) in [7, 11) is 3.39. The van der Waals surface area contributed by atoms with Crippen LogP contribution in [0.2, 0.25) is 0 Å². The fourth-order valence-electron chi connectivity index (χ4n) is 2.28. The molecule has 5 nitrogen and oxygen atoms in total. The third-order valence-electron chi connectivity index (χ3n) is 3.51. The first-order valence-electron chi connectivity index (χ1n) is 7.79. The van der Waals surface area contributed by atoms with Crippen LogP contribution in [-0.2, 0) is 11.3 Å². The lowest BCUT2D eigenvalue weighted by Crippen LogP contribution is -2.27. The van der Waals surface area contributed by atoms with Crippen molar-refractivity contribution in [3.8, 4) is 0 Å². The van der Waals surface area contributed by atoms with Crippen LogP contribution >= 0.6 is 11.3 Å². The van der Waals surface area contributed by atoms with Crippen molar-refractivity contribution in [1.29, 1.82) is 0 Å². The highest BCUT2D eigenvalue weighted by molar-refractivity contribution is 7.15. The fraction of sp³-hybridized carbons (Fsp3) is 0.333. The topological polar surface area (TPSA) is 58.6 Å². The highest BCUT2D eigenvalue weighted by Crippen LogP contribution is 2.17. The average Bonchev–Trinajstić information content (AvgIpc) is 3.09. The van der Waals surface area contributed by atoms with E-state index >= 15 is 0 Å². The van der Waals surface area contributed by atoms with Crippen molar-refractivity contribution in [3.05, 3.63) is 57.8 Å². The zero-order valence-corrected chi connectivity index (χ0v) is 14.8. The lowest BCUT2D eigenvalue weighted by Gasteiger charge is -2.16. The molecule has 0 aliphatic carbocycles. The van der Waals surface area contributed by atoms with Gasteiger partial charge < -0.3 is 15.0 Å². The number of methoxy groups -OCH3 is 1. The van der Waals surface area contributed by atoms with E-state index in [2.05, 4.69) is 34.1 Å². The molecule has 1 aromatic heterocycles. The summed E-state index contributed by atoms with van der Waals surface area (Å²) >= 11 is 1.14. The number of nitrogens with zero attached hydrogens (tertiary/aromatic N) is 1. The van der Waals surface area contributed by atoms with Gasteiger partial charge in [-0.2, -0.15) is 0 Å². The molecule has 0 aliphatic rings. The van der Waals surface area contributed by atoms with Crippen molar-refractivity contribution in [2.45, 2.75) is 13.0 Å². The minimum atomic E-state index is -0.415. The largest absolute Gasteiger partial charge is 0.465 e. The van der Waals surface area contributed by atoms with Crippen LogP contribution in [0, 0.1) is 0 Å². The van der Waals surface area contributed by atoms with Gasteiger partial charge in [-0.3, -0.25) is 4.79 Å². The van der Waals surface area contributed by atoms with E-state index in [9.17, 15) is 9.59 Å². The molecule has 1 aromatic carbocycles. The fourth-order valence-corrected chi connectivity index (χ4v) is 3.12. The summed E-state index contributed by atoms with van der Waals surface area (Å²) in [5.74, 6) is -0.567. The van der Waals surface area contributed by atoms with Gasteiger partial charge in [0.25, 0.3) is 5.91 Å². The van der Waals surface area contributed by atoms with Crippen LogP contribution in [0.5, 0.6) is 0 Å². The van der Waals surface area contributed by atoms with Crippen molar-refractivity contribution in [2.75, 3.05) is 27.2 Å². The van der Waals surface area contributed by atoms with Crippen molar-refractivity contribution in [2.24, 2.45) is 0 Å². The first-order chi connectivity index (χ1) is 11.6. The van der Waals surface area contributed by atoms with Crippen molar-refractivity contribution in [3.63, 3.8) is 0 Å². The average molecular weight is 346 g/mol. The SMILES string of the molecule is COC(=O)c1ccc(C(=O)NCCCN(C)Cc2ccccc2)s1. The van der Waals surface area contributed by atoms with E-state index < -0.39 is 5.97 Å². The van der Waals surface area contributed by atoms with Gasteiger partial charge in [0, 0.05) is 13.1 Å². The summed E-state index contributed by atoms with van der Waals surface area (Å²) in [5.41, 5.74) is 1.28. The zero-order valence-electron chi connectivity index (χ0n) is 14.0. The quantitative estimate of drug-likeness (QED) is 0.590. The molecule has 1 N–H and O–H groups in total.